The summed E-state index contributed by atoms with van der Waals surface area (Å²) in [5.74, 6) is -0.392. The molecule has 0 saturated carbocycles. The van der Waals surface area contributed by atoms with Crippen LogP contribution in [-0.2, 0) is 6.42 Å². The maximum atomic E-state index is 13.4. The van der Waals surface area contributed by atoms with E-state index in [1.807, 2.05) is 0 Å². The lowest BCUT2D eigenvalue weighted by Gasteiger charge is -2.34. The fourth-order valence-corrected chi connectivity index (χ4v) is 3.61. The molecule has 0 aliphatic heterocycles. The molecule has 0 bridgehead atoms. The van der Waals surface area contributed by atoms with Crippen molar-refractivity contribution in [3.8, 4) is 5.69 Å². The Hall–Kier alpha value is -1.32. The molecule has 2 N–H and O–H groups in total. The van der Waals surface area contributed by atoms with Gasteiger partial charge in [-0.1, -0.05) is 25.4 Å². The topological polar surface area (TPSA) is 30.9 Å². The van der Waals surface area contributed by atoms with Gasteiger partial charge >= 0.3 is 0 Å². The fraction of sp³-hybridized carbons (Fsp3) is 0.412. The van der Waals surface area contributed by atoms with E-state index in [0.717, 1.165) is 24.2 Å². The molecule has 4 heteroatoms. The smallest absolute Gasteiger partial charge is 0.141 e. The molecular formula is C17H20ClFN2. The van der Waals surface area contributed by atoms with E-state index in [4.69, 9.17) is 17.3 Å². The van der Waals surface area contributed by atoms with Crippen LogP contribution < -0.4 is 5.73 Å². The zero-order valence-corrected chi connectivity index (χ0v) is 13.3. The third-order valence-corrected chi connectivity index (χ3v) is 4.59. The predicted octanol–water partition coefficient (Wildman–Crippen LogP) is 4.55. The summed E-state index contributed by atoms with van der Waals surface area (Å²) < 4.78 is 15.6. The first kappa shape index (κ1) is 14.6. The number of fused-ring (bicyclic) bond motifs is 1. The van der Waals surface area contributed by atoms with Crippen LogP contribution in [0.2, 0.25) is 5.02 Å². The lowest BCUT2D eigenvalue weighted by Crippen LogP contribution is -2.30. The summed E-state index contributed by atoms with van der Waals surface area (Å²) >= 11 is 5.94. The standard InChI is InChI=1S/C17H20ClFN2/c1-10-6-12-15(20)8-17(2,3)9-16(12)21(10)11-4-5-14(19)13(18)7-11/h4-7,15H,8-9,20H2,1-3H3. The molecule has 0 amide bonds. The Morgan fingerprint density at radius 2 is 2.05 bits per heavy atom. The monoisotopic (exact) mass is 306 g/mol. The molecule has 1 unspecified atom stereocenters. The number of hydrogen-bond donors (Lipinski definition) is 1. The van der Waals surface area contributed by atoms with Gasteiger partial charge in [-0.3, -0.25) is 0 Å². The molecule has 0 saturated heterocycles. The second kappa shape index (κ2) is 4.85. The average molecular weight is 307 g/mol. The van der Waals surface area contributed by atoms with E-state index in [1.165, 1.54) is 17.3 Å². The molecule has 2 nitrogen and oxygen atoms in total. The number of halogens is 2. The molecule has 112 valence electrons. The largest absolute Gasteiger partial charge is 0.324 e. The van der Waals surface area contributed by atoms with Crippen LogP contribution in [0.15, 0.2) is 24.3 Å². The van der Waals surface area contributed by atoms with Gasteiger partial charge in [0.05, 0.1) is 5.02 Å². The van der Waals surface area contributed by atoms with Crippen molar-refractivity contribution in [2.75, 3.05) is 0 Å². The van der Waals surface area contributed by atoms with Crippen LogP contribution in [0.4, 0.5) is 4.39 Å². The van der Waals surface area contributed by atoms with E-state index in [1.54, 1.807) is 12.1 Å². The van der Waals surface area contributed by atoms with Crippen LogP contribution >= 0.6 is 11.6 Å². The van der Waals surface area contributed by atoms with Crippen molar-refractivity contribution in [1.29, 1.82) is 0 Å². The molecule has 1 atom stereocenters. The summed E-state index contributed by atoms with van der Waals surface area (Å²) in [6, 6.07) is 7.06. The minimum atomic E-state index is -0.392. The van der Waals surface area contributed by atoms with Crippen LogP contribution in [0.1, 0.15) is 43.3 Å². The molecule has 1 aromatic heterocycles. The zero-order valence-electron chi connectivity index (χ0n) is 12.6. The quantitative estimate of drug-likeness (QED) is 0.823. The van der Waals surface area contributed by atoms with Gasteiger partial charge in [-0.2, -0.15) is 0 Å². The van der Waals surface area contributed by atoms with Crippen molar-refractivity contribution in [2.24, 2.45) is 11.1 Å². The minimum Gasteiger partial charge on any atom is -0.324 e. The Balaban J connectivity index is 2.18. The molecule has 21 heavy (non-hydrogen) atoms. The summed E-state index contributed by atoms with van der Waals surface area (Å²) in [7, 11) is 0. The lowest BCUT2D eigenvalue weighted by molar-refractivity contribution is 0.278. The van der Waals surface area contributed by atoms with Crippen LogP contribution in [0.25, 0.3) is 5.69 Å². The first-order valence-corrected chi connectivity index (χ1v) is 7.58. The van der Waals surface area contributed by atoms with Crippen molar-refractivity contribution >= 4 is 11.6 Å². The highest BCUT2D eigenvalue weighted by Gasteiger charge is 2.33. The van der Waals surface area contributed by atoms with E-state index in [9.17, 15) is 4.39 Å². The Morgan fingerprint density at radius 3 is 2.71 bits per heavy atom. The van der Waals surface area contributed by atoms with E-state index < -0.39 is 5.82 Å². The first-order chi connectivity index (χ1) is 9.78. The summed E-state index contributed by atoms with van der Waals surface area (Å²) in [4.78, 5) is 0. The summed E-state index contributed by atoms with van der Waals surface area (Å²) in [5.41, 5.74) is 10.9. The Morgan fingerprint density at radius 1 is 1.33 bits per heavy atom. The maximum Gasteiger partial charge on any atom is 0.141 e. The number of nitrogens with zero attached hydrogens (tertiary/aromatic N) is 1. The second-order valence-electron chi connectivity index (χ2n) is 6.77. The zero-order chi connectivity index (χ0) is 15.4. The average Bonchev–Trinajstić information content (AvgIpc) is 2.68. The van der Waals surface area contributed by atoms with Gasteiger partial charge in [0.15, 0.2) is 0 Å². The Labute approximate surface area is 129 Å². The van der Waals surface area contributed by atoms with Crippen molar-refractivity contribution < 1.29 is 4.39 Å². The second-order valence-corrected chi connectivity index (χ2v) is 7.18. The lowest BCUT2D eigenvalue weighted by atomic mass is 9.74. The van der Waals surface area contributed by atoms with Crippen molar-refractivity contribution in [3.63, 3.8) is 0 Å². The molecule has 1 heterocycles. The van der Waals surface area contributed by atoms with Gasteiger partial charge in [0.2, 0.25) is 0 Å². The van der Waals surface area contributed by atoms with Gasteiger partial charge in [0, 0.05) is 23.1 Å². The van der Waals surface area contributed by atoms with E-state index in [0.29, 0.717) is 0 Å². The highest BCUT2D eigenvalue weighted by molar-refractivity contribution is 6.30. The number of aryl methyl sites for hydroxylation is 1. The fourth-order valence-electron chi connectivity index (χ4n) is 3.43. The first-order valence-electron chi connectivity index (χ1n) is 7.21. The summed E-state index contributed by atoms with van der Waals surface area (Å²) in [5, 5.41) is 0.147. The van der Waals surface area contributed by atoms with Crippen molar-refractivity contribution in [3.05, 3.63) is 52.1 Å². The normalized spacial score (nSPS) is 20.4. The molecule has 1 aromatic carbocycles. The van der Waals surface area contributed by atoms with Crippen LogP contribution in [0, 0.1) is 18.2 Å². The molecule has 2 aromatic rings. The van der Waals surface area contributed by atoms with Gasteiger partial charge < -0.3 is 10.3 Å². The van der Waals surface area contributed by atoms with Crippen molar-refractivity contribution in [2.45, 2.75) is 39.7 Å². The summed E-state index contributed by atoms with van der Waals surface area (Å²) in [6.45, 7) is 6.52. The van der Waals surface area contributed by atoms with Gasteiger partial charge in [0.25, 0.3) is 0 Å². The molecular weight excluding hydrogens is 287 g/mol. The molecule has 0 fully saturated rings. The van der Waals surface area contributed by atoms with Gasteiger partial charge in [0.1, 0.15) is 5.82 Å². The predicted molar refractivity (Wildman–Crippen MR) is 84.5 cm³/mol. The number of benzene rings is 1. The maximum absolute atomic E-state index is 13.4. The molecule has 3 rings (SSSR count). The Bertz CT molecular complexity index is 703. The molecule has 1 aliphatic carbocycles. The van der Waals surface area contributed by atoms with Crippen LogP contribution in [0.3, 0.4) is 0 Å². The molecule has 0 radical (unpaired) electrons. The highest BCUT2D eigenvalue weighted by Crippen LogP contribution is 2.42. The number of hydrogen-bond acceptors (Lipinski definition) is 1. The summed E-state index contributed by atoms with van der Waals surface area (Å²) in [6.07, 6.45) is 1.94. The number of rotatable bonds is 1. The van der Waals surface area contributed by atoms with E-state index in [-0.39, 0.29) is 16.5 Å². The molecule has 0 spiro atoms. The van der Waals surface area contributed by atoms with E-state index >= 15 is 0 Å². The van der Waals surface area contributed by atoms with Crippen LogP contribution in [0.5, 0.6) is 0 Å². The van der Waals surface area contributed by atoms with Crippen LogP contribution in [-0.4, -0.2) is 4.57 Å². The van der Waals surface area contributed by atoms with E-state index in [2.05, 4.69) is 31.4 Å². The number of nitrogens with two attached hydrogens (primary N) is 1. The van der Waals surface area contributed by atoms with Gasteiger partial charge in [-0.15, -0.1) is 0 Å². The Kier molecular flexibility index (Phi) is 3.38. The SMILES string of the molecule is Cc1cc2c(n1-c1ccc(F)c(Cl)c1)CC(C)(C)CC2N. The highest BCUT2D eigenvalue weighted by atomic mass is 35.5. The van der Waals surface area contributed by atoms with Crippen molar-refractivity contribution in [1.82, 2.24) is 4.57 Å². The third-order valence-electron chi connectivity index (χ3n) is 4.30. The minimum absolute atomic E-state index is 0.0552. The third kappa shape index (κ3) is 2.49. The molecule has 1 aliphatic rings. The van der Waals surface area contributed by atoms with Gasteiger partial charge in [-0.25, -0.2) is 4.39 Å². The number of aromatic nitrogens is 1. The van der Waals surface area contributed by atoms with Gasteiger partial charge in [-0.05, 0) is 55.0 Å².